The summed E-state index contributed by atoms with van der Waals surface area (Å²) >= 11 is 0. The normalized spacial score (nSPS) is 20.1. The van der Waals surface area contributed by atoms with Crippen LogP contribution < -0.4 is 15.8 Å². The summed E-state index contributed by atoms with van der Waals surface area (Å²) in [5.74, 6) is 0.962. The van der Waals surface area contributed by atoms with E-state index in [-0.39, 0.29) is 12.1 Å². The van der Waals surface area contributed by atoms with E-state index in [1.54, 1.807) is 0 Å². The van der Waals surface area contributed by atoms with Crippen molar-refractivity contribution in [3.63, 3.8) is 0 Å². The standard InChI is InChI=1S/C17H20N4O/c18-17-20-15-13-6-2-1-4-11(13)5-3-7-14(15)16(21-17)22-12-8-9-19-10-12/h1-2,4,6,12,19H,3,5,7-10H2,(H2,18,20,21). The predicted octanol–water partition coefficient (Wildman–Crippen LogP) is 1.96. The Morgan fingerprint density at radius 2 is 2.09 bits per heavy atom. The number of nitrogens with zero attached hydrogens (tertiary/aromatic N) is 2. The molecule has 5 nitrogen and oxygen atoms in total. The zero-order chi connectivity index (χ0) is 14.9. The molecule has 1 aromatic heterocycles. The Morgan fingerprint density at radius 3 is 2.95 bits per heavy atom. The number of aryl methyl sites for hydroxylation is 1. The molecule has 1 atom stereocenters. The van der Waals surface area contributed by atoms with E-state index < -0.39 is 0 Å². The van der Waals surface area contributed by atoms with E-state index in [2.05, 4.69) is 33.5 Å². The third kappa shape index (κ3) is 2.41. The average molecular weight is 296 g/mol. The number of nitrogens with one attached hydrogen (secondary N) is 1. The molecule has 2 heterocycles. The van der Waals surface area contributed by atoms with Gasteiger partial charge in [-0.2, -0.15) is 4.98 Å². The fourth-order valence-corrected chi connectivity index (χ4v) is 3.34. The van der Waals surface area contributed by atoms with Crippen LogP contribution in [-0.4, -0.2) is 29.2 Å². The van der Waals surface area contributed by atoms with Crippen LogP contribution in [0.1, 0.15) is 24.0 Å². The summed E-state index contributed by atoms with van der Waals surface area (Å²) in [4.78, 5) is 8.90. The molecule has 3 N–H and O–H groups in total. The number of hydrogen-bond acceptors (Lipinski definition) is 5. The summed E-state index contributed by atoms with van der Waals surface area (Å²) in [5.41, 5.74) is 10.5. The van der Waals surface area contributed by atoms with E-state index in [1.165, 1.54) is 11.1 Å². The van der Waals surface area contributed by atoms with Crippen LogP contribution in [-0.2, 0) is 12.8 Å². The number of nitrogens with two attached hydrogens (primary N) is 1. The molecular formula is C17H20N4O. The van der Waals surface area contributed by atoms with Crippen molar-refractivity contribution in [3.8, 4) is 17.1 Å². The van der Waals surface area contributed by atoms with Gasteiger partial charge in [0.15, 0.2) is 0 Å². The molecule has 1 unspecified atom stereocenters. The summed E-state index contributed by atoms with van der Waals surface area (Å²) in [6.45, 7) is 1.87. The molecule has 114 valence electrons. The first-order valence-electron chi connectivity index (χ1n) is 7.93. The van der Waals surface area contributed by atoms with Crippen molar-refractivity contribution >= 4 is 5.95 Å². The first kappa shape index (κ1) is 13.5. The lowest BCUT2D eigenvalue weighted by atomic mass is 10.0. The van der Waals surface area contributed by atoms with Crippen molar-refractivity contribution in [2.45, 2.75) is 31.8 Å². The quantitative estimate of drug-likeness (QED) is 0.886. The van der Waals surface area contributed by atoms with E-state index in [9.17, 15) is 0 Å². The van der Waals surface area contributed by atoms with E-state index >= 15 is 0 Å². The van der Waals surface area contributed by atoms with Gasteiger partial charge in [-0.05, 0) is 37.8 Å². The second-order valence-electron chi connectivity index (χ2n) is 5.96. The molecule has 5 heteroatoms. The van der Waals surface area contributed by atoms with Gasteiger partial charge >= 0.3 is 0 Å². The van der Waals surface area contributed by atoms with Crippen LogP contribution >= 0.6 is 0 Å². The van der Waals surface area contributed by atoms with E-state index in [4.69, 9.17) is 10.5 Å². The third-order valence-corrected chi connectivity index (χ3v) is 4.43. The predicted molar refractivity (Wildman–Crippen MR) is 85.8 cm³/mol. The smallest absolute Gasteiger partial charge is 0.223 e. The van der Waals surface area contributed by atoms with Crippen molar-refractivity contribution < 1.29 is 4.74 Å². The Morgan fingerprint density at radius 1 is 1.18 bits per heavy atom. The van der Waals surface area contributed by atoms with Crippen molar-refractivity contribution in [2.75, 3.05) is 18.8 Å². The first-order chi connectivity index (χ1) is 10.8. The highest BCUT2D eigenvalue weighted by Gasteiger charge is 2.24. The second-order valence-corrected chi connectivity index (χ2v) is 5.96. The molecule has 4 rings (SSSR count). The summed E-state index contributed by atoms with van der Waals surface area (Å²) < 4.78 is 6.13. The van der Waals surface area contributed by atoms with Crippen molar-refractivity contribution in [1.29, 1.82) is 0 Å². The van der Waals surface area contributed by atoms with E-state index in [1.807, 2.05) is 6.07 Å². The molecule has 1 saturated heterocycles. The molecule has 1 aromatic carbocycles. The maximum atomic E-state index is 6.13. The highest BCUT2D eigenvalue weighted by Crippen LogP contribution is 2.35. The Labute approximate surface area is 129 Å². The fourth-order valence-electron chi connectivity index (χ4n) is 3.34. The highest BCUT2D eigenvalue weighted by molar-refractivity contribution is 5.70. The minimum absolute atomic E-state index is 0.178. The van der Waals surface area contributed by atoms with Crippen LogP contribution in [0.25, 0.3) is 11.3 Å². The molecule has 1 aliphatic heterocycles. The number of rotatable bonds is 2. The van der Waals surface area contributed by atoms with Crippen LogP contribution in [0.2, 0.25) is 0 Å². The second kappa shape index (κ2) is 5.57. The highest BCUT2D eigenvalue weighted by atomic mass is 16.5. The molecule has 0 spiro atoms. The van der Waals surface area contributed by atoms with Crippen molar-refractivity contribution in [2.24, 2.45) is 0 Å². The molecule has 2 aromatic rings. The van der Waals surface area contributed by atoms with E-state index in [0.29, 0.717) is 5.88 Å². The van der Waals surface area contributed by atoms with Crippen molar-refractivity contribution in [1.82, 2.24) is 15.3 Å². The van der Waals surface area contributed by atoms with Gasteiger partial charge < -0.3 is 15.8 Å². The van der Waals surface area contributed by atoms with Gasteiger partial charge in [0.2, 0.25) is 11.8 Å². The van der Waals surface area contributed by atoms with Gasteiger partial charge in [0.25, 0.3) is 0 Å². The fraction of sp³-hybridized carbons (Fsp3) is 0.412. The average Bonchev–Trinajstić information content (AvgIpc) is 2.95. The van der Waals surface area contributed by atoms with Crippen LogP contribution in [0.15, 0.2) is 24.3 Å². The van der Waals surface area contributed by atoms with Gasteiger partial charge in [-0.15, -0.1) is 0 Å². The number of anilines is 1. The lowest BCUT2D eigenvalue weighted by Crippen LogP contribution is -2.21. The maximum absolute atomic E-state index is 6.13. The first-order valence-corrected chi connectivity index (χ1v) is 7.93. The Balaban J connectivity index is 1.81. The van der Waals surface area contributed by atoms with Gasteiger partial charge in [-0.3, -0.25) is 0 Å². The third-order valence-electron chi connectivity index (χ3n) is 4.43. The van der Waals surface area contributed by atoms with Crippen molar-refractivity contribution in [3.05, 3.63) is 35.4 Å². The SMILES string of the molecule is Nc1nc(OC2CCNC2)c2c(n1)-c1ccccc1CCC2. The minimum Gasteiger partial charge on any atom is -0.473 e. The van der Waals surface area contributed by atoms with Crippen LogP contribution in [0.5, 0.6) is 5.88 Å². The molecule has 0 amide bonds. The van der Waals surface area contributed by atoms with Crippen LogP contribution in [0, 0.1) is 0 Å². The molecule has 0 bridgehead atoms. The minimum atomic E-state index is 0.178. The van der Waals surface area contributed by atoms with Crippen LogP contribution in [0.3, 0.4) is 0 Å². The number of nitrogen functional groups attached to an aromatic ring is 1. The van der Waals surface area contributed by atoms with Gasteiger partial charge in [0.05, 0.1) is 5.69 Å². The zero-order valence-electron chi connectivity index (χ0n) is 12.5. The molecule has 22 heavy (non-hydrogen) atoms. The van der Waals surface area contributed by atoms with Gasteiger partial charge in [-0.25, -0.2) is 4.98 Å². The Kier molecular flexibility index (Phi) is 3.42. The lowest BCUT2D eigenvalue weighted by molar-refractivity contribution is 0.212. The lowest BCUT2D eigenvalue weighted by Gasteiger charge is -2.17. The molecule has 1 fully saturated rings. The summed E-state index contributed by atoms with van der Waals surface area (Å²) in [5, 5.41) is 3.32. The molecule has 0 saturated carbocycles. The van der Waals surface area contributed by atoms with Gasteiger partial charge in [-0.1, -0.05) is 24.3 Å². The molecule has 0 radical (unpaired) electrons. The summed E-state index contributed by atoms with van der Waals surface area (Å²) in [6, 6.07) is 8.42. The Bertz CT molecular complexity index is 695. The number of ether oxygens (including phenoxy) is 1. The molecular weight excluding hydrogens is 276 g/mol. The zero-order valence-corrected chi connectivity index (χ0v) is 12.5. The number of hydrogen-bond donors (Lipinski definition) is 2. The van der Waals surface area contributed by atoms with Crippen LogP contribution in [0.4, 0.5) is 5.95 Å². The summed E-state index contributed by atoms with van der Waals surface area (Å²) in [7, 11) is 0. The molecule has 2 aliphatic rings. The largest absolute Gasteiger partial charge is 0.473 e. The number of aromatic nitrogens is 2. The monoisotopic (exact) mass is 296 g/mol. The van der Waals surface area contributed by atoms with E-state index in [0.717, 1.165) is 50.0 Å². The number of benzene rings is 1. The van der Waals surface area contributed by atoms with Gasteiger partial charge in [0.1, 0.15) is 6.10 Å². The Hall–Kier alpha value is -2.14. The molecule has 1 aliphatic carbocycles. The number of fused-ring (bicyclic) bond motifs is 3. The summed E-state index contributed by atoms with van der Waals surface area (Å²) in [6.07, 6.45) is 4.25. The van der Waals surface area contributed by atoms with Gasteiger partial charge in [0, 0.05) is 17.7 Å². The maximum Gasteiger partial charge on any atom is 0.223 e. The topological polar surface area (TPSA) is 73.1 Å².